The van der Waals surface area contributed by atoms with E-state index in [-0.39, 0.29) is 12.0 Å². The fraction of sp³-hybridized carbons (Fsp3) is 0.588. The van der Waals surface area contributed by atoms with Crippen LogP contribution < -0.4 is 5.73 Å². The molecule has 0 radical (unpaired) electrons. The van der Waals surface area contributed by atoms with E-state index in [1.54, 1.807) is 0 Å². The van der Waals surface area contributed by atoms with Gasteiger partial charge in [-0.2, -0.15) is 0 Å². The Balaban J connectivity index is 1.72. The molecule has 0 bridgehead atoms. The zero-order valence-electron chi connectivity index (χ0n) is 13.2. The Morgan fingerprint density at radius 1 is 1.26 bits per heavy atom. The van der Waals surface area contributed by atoms with Gasteiger partial charge in [0, 0.05) is 31.3 Å². The number of nitrogens with two attached hydrogens (primary N) is 1. The van der Waals surface area contributed by atoms with Gasteiger partial charge in [-0.3, -0.25) is 4.79 Å². The molecule has 2 aliphatic rings. The summed E-state index contributed by atoms with van der Waals surface area (Å²) in [6, 6.07) is 7.60. The summed E-state index contributed by atoms with van der Waals surface area (Å²) >= 11 is 5.94. The van der Waals surface area contributed by atoms with Crippen molar-refractivity contribution >= 4 is 17.5 Å². The minimum absolute atomic E-state index is 0.111. The standard InChI is InChI=1S/C17H23ClN2O3/c18-14-3-1-13(2-4-14)15-11-20(7-10-23-15)16(21)17(12-19)5-8-22-9-6-17/h1-4,15H,5-12,19H2. The number of amides is 1. The van der Waals surface area contributed by atoms with Crippen LogP contribution in [0.4, 0.5) is 0 Å². The van der Waals surface area contributed by atoms with Gasteiger partial charge in [0.2, 0.25) is 5.91 Å². The third-order valence-corrected chi connectivity index (χ3v) is 5.14. The van der Waals surface area contributed by atoms with Crippen LogP contribution in [0.1, 0.15) is 24.5 Å². The Morgan fingerprint density at radius 2 is 1.96 bits per heavy atom. The largest absolute Gasteiger partial charge is 0.381 e. The second-order valence-electron chi connectivity index (χ2n) is 6.26. The number of hydrogen-bond donors (Lipinski definition) is 1. The van der Waals surface area contributed by atoms with Crippen LogP contribution in [0.15, 0.2) is 24.3 Å². The second kappa shape index (κ2) is 7.18. The zero-order valence-corrected chi connectivity index (χ0v) is 13.9. The minimum Gasteiger partial charge on any atom is -0.381 e. The molecule has 23 heavy (non-hydrogen) atoms. The van der Waals surface area contributed by atoms with Crippen LogP contribution >= 0.6 is 11.6 Å². The highest BCUT2D eigenvalue weighted by atomic mass is 35.5. The first-order valence-electron chi connectivity index (χ1n) is 8.09. The molecule has 1 aromatic carbocycles. The van der Waals surface area contributed by atoms with Gasteiger partial charge in [-0.05, 0) is 30.5 Å². The van der Waals surface area contributed by atoms with E-state index < -0.39 is 5.41 Å². The van der Waals surface area contributed by atoms with Gasteiger partial charge in [0.15, 0.2) is 0 Å². The van der Waals surface area contributed by atoms with Crippen molar-refractivity contribution in [3.05, 3.63) is 34.9 Å². The lowest BCUT2D eigenvalue weighted by Crippen LogP contribution is -2.54. The third kappa shape index (κ3) is 3.53. The number of ether oxygens (including phenoxy) is 2. The van der Waals surface area contributed by atoms with E-state index in [9.17, 15) is 4.79 Å². The number of morpholine rings is 1. The molecular formula is C17H23ClN2O3. The topological polar surface area (TPSA) is 64.8 Å². The third-order valence-electron chi connectivity index (χ3n) is 4.89. The Hall–Kier alpha value is -1.14. The normalized spacial score (nSPS) is 24.4. The van der Waals surface area contributed by atoms with E-state index in [4.69, 9.17) is 26.8 Å². The molecular weight excluding hydrogens is 316 g/mol. The lowest BCUT2D eigenvalue weighted by atomic mass is 9.78. The molecule has 1 unspecified atom stereocenters. The maximum Gasteiger partial charge on any atom is 0.230 e. The molecule has 1 aromatic rings. The van der Waals surface area contributed by atoms with Gasteiger partial charge in [0.25, 0.3) is 0 Å². The van der Waals surface area contributed by atoms with Crippen LogP contribution in [0.5, 0.6) is 0 Å². The van der Waals surface area contributed by atoms with Crippen molar-refractivity contribution in [3.63, 3.8) is 0 Å². The van der Waals surface area contributed by atoms with E-state index in [0.29, 0.717) is 57.3 Å². The SMILES string of the molecule is NCC1(C(=O)N2CCOC(c3ccc(Cl)cc3)C2)CCOCC1. The molecule has 0 saturated carbocycles. The van der Waals surface area contributed by atoms with Gasteiger partial charge in [0.1, 0.15) is 6.10 Å². The van der Waals surface area contributed by atoms with Crippen molar-refractivity contribution in [2.45, 2.75) is 18.9 Å². The highest BCUT2D eigenvalue weighted by Gasteiger charge is 2.42. The smallest absolute Gasteiger partial charge is 0.230 e. The van der Waals surface area contributed by atoms with Crippen LogP contribution in [-0.4, -0.2) is 50.3 Å². The summed E-state index contributed by atoms with van der Waals surface area (Å²) < 4.78 is 11.2. The molecule has 3 rings (SSSR count). The summed E-state index contributed by atoms with van der Waals surface area (Å²) in [7, 11) is 0. The Morgan fingerprint density at radius 3 is 2.61 bits per heavy atom. The predicted molar refractivity (Wildman–Crippen MR) is 88.3 cm³/mol. The number of halogens is 1. The summed E-state index contributed by atoms with van der Waals surface area (Å²) in [4.78, 5) is 15.0. The molecule has 1 amide bonds. The first-order valence-corrected chi connectivity index (χ1v) is 8.47. The zero-order chi connectivity index (χ0) is 16.3. The van der Waals surface area contributed by atoms with Crippen molar-refractivity contribution in [3.8, 4) is 0 Å². The van der Waals surface area contributed by atoms with Crippen molar-refractivity contribution in [2.75, 3.05) is 39.5 Å². The van der Waals surface area contributed by atoms with E-state index in [2.05, 4.69) is 0 Å². The molecule has 0 aliphatic carbocycles. The van der Waals surface area contributed by atoms with Crippen molar-refractivity contribution in [2.24, 2.45) is 11.1 Å². The average molecular weight is 339 g/mol. The first-order chi connectivity index (χ1) is 11.1. The fourth-order valence-corrected chi connectivity index (χ4v) is 3.44. The Kier molecular flexibility index (Phi) is 5.21. The number of carbonyl (C=O) groups is 1. The summed E-state index contributed by atoms with van der Waals surface area (Å²) in [6.07, 6.45) is 1.29. The maximum absolute atomic E-state index is 13.1. The molecule has 0 aromatic heterocycles. The average Bonchev–Trinajstić information content (AvgIpc) is 2.62. The van der Waals surface area contributed by atoms with E-state index in [0.717, 1.165) is 5.56 Å². The Labute approximate surface area is 141 Å². The van der Waals surface area contributed by atoms with Crippen LogP contribution in [0.2, 0.25) is 5.02 Å². The lowest BCUT2D eigenvalue weighted by molar-refractivity contribution is -0.154. The molecule has 2 N–H and O–H groups in total. The highest BCUT2D eigenvalue weighted by molar-refractivity contribution is 6.30. The van der Waals surface area contributed by atoms with Crippen LogP contribution in [0.25, 0.3) is 0 Å². The quantitative estimate of drug-likeness (QED) is 0.915. The van der Waals surface area contributed by atoms with E-state index in [1.807, 2.05) is 29.2 Å². The summed E-state index contributed by atoms with van der Waals surface area (Å²) in [5, 5.41) is 0.696. The van der Waals surface area contributed by atoms with Gasteiger partial charge >= 0.3 is 0 Å². The van der Waals surface area contributed by atoms with Gasteiger partial charge in [-0.15, -0.1) is 0 Å². The Bertz CT molecular complexity index is 543. The number of hydrogen-bond acceptors (Lipinski definition) is 4. The van der Waals surface area contributed by atoms with Gasteiger partial charge in [-0.25, -0.2) is 0 Å². The molecule has 6 heteroatoms. The minimum atomic E-state index is -0.472. The second-order valence-corrected chi connectivity index (χ2v) is 6.70. The lowest BCUT2D eigenvalue weighted by Gasteiger charge is -2.41. The molecule has 2 aliphatic heterocycles. The number of benzene rings is 1. The molecule has 126 valence electrons. The predicted octanol–water partition coefficient (Wildman–Crippen LogP) is 2.00. The highest BCUT2D eigenvalue weighted by Crippen LogP contribution is 2.33. The molecule has 1 atom stereocenters. The fourth-order valence-electron chi connectivity index (χ4n) is 3.32. The molecule has 2 fully saturated rings. The molecule has 0 spiro atoms. The summed E-state index contributed by atoms with van der Waals surface area (Å²) in [5.41, 5.74) is 6.53. The first kappa shape index (κ1) is 16.7. The number of carbonyl (C=O) groups excluding carboxylic acids is 1. The van der Waals surface area contributed by atoms with Crippen LogP contribution in [0, 0.1) is 5.41 Å². The van der Waals surface area contributed by atoms with Gasteiger partial charge in [0.05, 0.1) is 18.6 Å². The van der Waals surface area contributed by atoms with E-state index >= 15 is 0 Å². The van der Waals surface area contributed by atoms with Crippen LogP contribution in [-0.2, 0) is 14.3 Å². The maximum atomic E-state index is 13.1. The van der Waals surface area contributed by atoms with Crippen molar-refractivity contribution in [1.29, 1.82) is 0 Å². The molecule has 2 heterocycles. The monoisotopic (exact) mass is 338 g/mol. The number of nitrogens with zero attached hydrogens (tertiary/aromatic N) is 1. The van der Waals surface area contributed by atoms with Gasteiger partial charge in [-0.1, -0.05) is 23.7 Å². The molecule has 5 nitrogen and oxygen atoms in total. The van der Waals surface area contributed by atoms with Crippen molar-refractivity contribution in [1.82, 2.24) is 4.90 Å². The van der Waals surface area contributed by atoms with Crippen LogP contribution in [0.3, 0.4) is 0 Å². The summed E-state index contributed by atoms with van der Waals surface area (Å²) in [5.74, 6) is 0.144. The number of rotatable bonds is 3. The summed E-state index contributed by atoms with van der Waals surface area (Å²) in [6.45, 7) is 3.30. The van der Waals surface area contributed by atoms with Gasteiger partial charge < -0.3 is 20.1 Å². The van der Waals surface area contributed by atoms with Crippen molar-refractivity contribution < 1.29 is 14.3 Å². The van der Waals surface area contributed by atoms with E-state index in [1.165, 1.54) is 0 Å². The molecule has 2 saturated heterocycles.